The fraction of sp³-hybridized carbons (Fsp3) is 0.111. The van der Waals surface area contributed by atoms with Crippen molar-refractivity contribution in [2.75, 3.05) is 16.8 Å². The summed E-state index contributed by atoms with van der Waals surface area (Å²) in [6.07, 6.45) is 9.85. The minimum absolute atomic E-state index is 0.391. The lowest BCUT2D eigenvalue weighted by atomic mass is 10.2. The van der Waals surface area contributed by atoms with E-state index in [1.54, 1.807) is 24.4 Å². The lowest BCUT2D eigenvalue weighted by molar-refractivity contribution is 0.789. The highest BCUT2D eigenvalue weighted by atomic mass is 35.5. The van der Waals surface area contributed by atoms with Gasteiger partial charge in [-0.3, -0.25) is 0 Å². The molecule has 7 nitrogen and oxygen atoms in total. The van der Waals surface area contributed by atoms with E-state index in [2.05, 4.69) is 36.8 Å². The second-order valence-corrected chi connectivity index (χ2v) is 6.53. The molecule has 0 atom stereocenters. The molecule has 4 rings (SSSR count). The zero-order valence-corrected chi connectivity index (χ0v) is 15.6. The van der Waals surface area contributed by atoms with Crippen LogP contribution in [0, 0.1) is 0 Å². The van der Waals surface area contributed by atoms with Crippen LogP contribution in [0.2, 0.25) is 10.0 Å². The Morgan fingerprint density at radius 3 is 2.89 bits per heavy atom. The van der Waals surface area contributed by atoms with Gasteiger partial charge in [-0.2, -0.15) is 4.68 Å². The number of allylic oxidation sites excluding steroid dienone is 2. The number of nitrogens with one attached hydrogen (secondary N) is 1. The molecule has 0 amide bonds. The highest BCUT2D eigenvalue weighted by molar-refractivity contribution is 6.43. The van der Waals surface area contributed by atoms with Crippen LogP contribution < -0.4 is 10.2 Å². The number of halogens is 2. The number of hydrogen-bond acceptors (Lipinski definition) is 6. The first-order valence-electron chi connectivity index (χ1n) is 8.24. The Balaban J connectivity index is 1.58. The quantitative estimate of drug-likeness (QED) is 0.701. The lowest BCUT2D eigenvalue weighted by Crippen LogP contribution is -2.21. The molecule has 1 aliphatic rings. The summed E-state index contributed by atoms with van der Waals surface area (Å²) >= 11 is 12.4. The minimum Gasteiger partial charge on any atom is -0.349 e. The maximum Gasteiger partial charge on any atom is 0.248 e. The highest BCUT2D eigenvalue weighted by Crippen LogP contribution is 2.29. The van der Waals surface area contributed by atoms with Crippen LogP contribution >= 0.6 is 23.2 Å². The van der Waals surface area contributed by atoms with Crippen molar-refractivity contribution in [3.8, 4) is 5.69 Å². The molecule has 1 aliphatic heterocycles. The minimum atomic E-state index is 0.391. The lowest BCUT2D eigenvalue weighted by Gasteiger charge is -2.22. The van der Waals surface area contributed by atoms with Crippen molar-refractivity contribution in [3.63, 3.8) is 0 Å². The van der Waals surface area contributed by atoms with E-state index in [4.69, 9.17) is 23.2 Å². The Hall–Kier alpha value is -2.90. The third kappa shape index (κ3) is 3.65. The van der Waals surface area contributed by atoms with E-state index >= 15 is 0 Å². The van der Waals surface area contributed by atoms with E-state index in [0.29, 0.717) is 28.2 Å². The molecule has 3 aromatic rings. The number of pyridine rings is 1. The standard InChI is InChI=1S/C18H15Cl2N7/c19-14-7-4-8-15(16(14)20)27-18(23-24-25-27)22-12-13-6-5-9-21-17(13)26-10-2-1-3-11-26/h1-10H,11-12H2,(H,22,23,25). The Kier molecular flexibility index (Phi) is 5.04. The molecule has 0 spiro atoms. The molecule has 27 heavy (non-hydrogen) atoms. The summed E-state index contributed by atoms with van der Waals surface area (Å²) in [5.74, 6) is 1.34. The van der Waals surface area contributed by atoms with Gasteiger partial charge in [-0.15, -0.1) is 0 Å². The van der Waals surface area contributed by atoms with Crippen molar-refractivity contribution in [3.05, 3.63) is 76.6 Å². The number of nitrogens with zero attached hydrogens (tertiary/aromatic N) is 6. The zero-order valence-electron chi connectivity index (χ0n) is 14.1. The summed E-state index contributed by atoms with van der Waals surface area (Å²) in [6, 6.07) is 9.23. The molecule has 136 valence electrons. The number of rotatable bonds is 5. The molecule has 0 radical (unpaired) electrons. The van der Waals surface area contributed by atoms with E-state index in [9.17, 15) is 0 Å². The van der Waals surface area contributed by atoms with Crippen molar-refractivity contribution in [1.29, 1.82) is 0 Å². The molecule has 2 aromatic heterocycles. The van der Waals surface area contributed by atoms with Crippen LogP contribution in [0.3, 0.4) is 0 Å². The number of anilines is 2. The van der Waals surface area contributed by atoms with Crippen molar-refractivity contribution >= 4 is 35.0 Å². The molecule has 0 aliphatic carbocycles. The molecule has 0 unspecified atom stereocenters. The van der Waals surface area contributed by atoms with Crippen LogP contribution in [0.5, 0.6) is 0 Å². The van der Waals surface area contributed by atoms with Crippen LogP contribution in [-0.4, -0.2) is 31.7 Å². The van der Waals surface area contributed by atoms with E-state index in [1.807, 2.05) is 30.5 Å². The topological polar surface area (TPSA) is 71.8 Å². The molecule has 0 fully saturated rings. The molecular weight excluding hydrogens is 385 g/mol. The summed E-state index contributed by atoms with van der Waals surface area (Å²) in [4.78, 5) is 6.59. The average molecular weight is 400 g/mol. The smallest absolute Gasteiger partial charge is 0.248 e. The van der Waals surface area contributed by atoms with Gasteiger partial charge in [-0.05, 0) is 34.7 Å². The van der Waals surface area contributed by atoms with Crippen LogP contribution in [0.15, 0.2) is 61.0 Å². The van der Waals surface area contributed by atoms with Gasteiger partial charge < -0.3 is 10.2 Å². The van der Waals surface area contributed by atoms with Crippen molar-refractivity contribution < 1.29 is 0 Å². The highest BCUT2D eigenvalue weighted by Gasteiger charge is 2.15. The maximum absolute atomic E-state index is 6.29. The predicted molar refractivity (Wildman–Crippen MR) is 106 cm³/mol. The van der Waals surface area contributed by atoms with Crippen LogP contribution in [0.1, 0.15) is 5.56 Å². The number of aromatic nitrogens is 5. The summed E-state index contributed by atoms with van der Waals surface area (Å²) in [7, 11) is 0. The zero-order chi connectivity index (χ0) is 18.6. The van der Waals surface area contributed by atoms with Crippen LogP contribution in [0.25, 0.3) is 5.69 Å². The Bertz CT molecular complexity index is 1010. The summed E-state index contributed by atoms with van der Waals surface area (Å²) < 4.78 is 1.52. The molecule has 1 N–H and O–H groups in total. The van der Waals surface area contributed by atoms with Gasteiger partial charge in [0.05, 0.1) is 15.7 Å². The average Bonchev–Trinajstić information content (AvgIpc) is 3.18. The monoisotopic (exact) mass is 399 g/mol. The maximum atomic E-state index is 6.29. The van der Waals surface area contributed by atoms with E-state index in [-0.39, 0.29) is 0 Å². The first-order chi connectivity index (χ1) is 13.2. The second-order valence-electron chi connectivity index (χ2n) is 5.75. The largest absolute Gasteiger partial charge is 0.349 e. The van der Waals surface area contributed by atoms with Crippen molar-refractivity contribution in [2.45, 2.75) is 6.54 Å². The van der Waals surface area contributed by atoms with Gasteiger partial charge in [0.25, 0.3) is 0 Å². The van der Waals surface area contributed by atoms with Gasteiger partial charge in [0, 0.05) is 31.0 Å². The fourth-order valence-corrected chi connectivity index (χ4v) is 3.12. The predicted octanol–water partition coefficient (Wildman–Crippen LogP) is 3.87. The number of hydrogen-bond donors (Lipinski definition) is 1. The van der Waals surface area contributed by atoms with Crippen molar-refractivity contribution in [1.82, 2.24) is 25.2 Å². The molecule has 0 bridgehead atoms. The van der Waals surface area contributed by atoms with Crippen molar-refractivity contribution in [2.24, 2.45) is 0 Å². The third-order valence-corrected chi connectivity index (χ3v) is 4.83. The van der Waals surface area contributed by atoms with Crippen LogP contribution in [0.4, 0.5) is 11.8 Å². The molecule has 3 heterocycles. The summed E-state index contributed by atoms with van der Waals surface area (Å²) in [5.41, 5.74) is 1.62. The Morgan fingerprint density at radius 2 is 2.04 bits per heavy atom. The van der Waals surface area contributed by atoms with E-state index in [1.165, 1.54) is 4.68 Å². The van der Waals surface area contributed by atoms with Gasteiger partial charge in [0.2, 0.25) is 5.95 Å². The SMILES string of the molecule is Clc1cccc(-n2nnnc2NCc2cccnc2N2C=CC=CC2)c1Cl. The molecule has 0 saturated heterocycles. The summed E-state index contributed by atoms with van der Waals surface area (Å²) in [6.45, 7) is 1.27. The first kappa shape index (κ1) is 17.5. The van der Waals surface area contributed by atoms with Gasteiger partial charge in [-0.25, -0.2) is 4.98 Å². The molecule has 1 aromatic carbocycles. The number of benzene rings is 1. The Morgan fingerprint density at radius 1 is 1.11 bits per heavy atom. The van der Waals surface area contributed by atoms with Gasteiger partial charge in [0.1, 0.15) is 5.82 Å². The fourth-order valence-electron chi connectivity index (χ4n) is 2.74. The van der Waals surface area contributed by atoms with Gasteiger partial charge >= 0.3 is 0 Å². The third-order valence-electron chi connectivity index (χ3n) is 4.02. The second kappa shape index (κ2) is 7.77. The Labute approximate surface area is 165 Å². The van der Waals surface area contributed by atoms with Gasteiger partial charge in [-0.1, -0.05) is 52.6 Å². The summed E-state index contributed by atoms with van der Waals surface area (Å²) in [5, 5.41) is 15.9. The van der Waals surface area contributed by atoms with Gasteiger partial charge in [0.15, 0.2) is 0 Å². The first-order valence-corrected chi connectivity index (χ1v) is 9.00. The normalized spacial score (nSPS) is 13.2. The molecule has 9 heteroatoms. The van der Waals surface area contributed by atoms with Crippen LogP contribution in [-0.2, 0) is 6.54 Å². The number of tetrazole rings is 1. The molecular formula is C18H15Cl2N7. The van der Waals surface area contributed by atoms with E-state index in [0.717, 1.165) is 17.9 Å². The van der Waals surface area contributed by atoms with E-state index < -0.39 is 0 Å². The molecule has 0 saturated carbocycles.